The number of anilines is 2. The zero-order valence-electron chi connectivity index (χ0n) is 20.2. The van der Waals surface area contributed by atoms with Gasteiger partial charge < -0.3 is 15.0 Å². The molecule has 0 radical (unpaired) electrons. The van der Waals surface area contributed by atoms with E-state index in [-0.39, 0.29) is 28.9 Å². The van der Waals surface area contributed by atoms with Crippen LogP contribution in [-0.4, -0.2) is 35.5 Å². The van der Waals surface area contributed by atoms with Crippen molar-refractivity contribution in [1.29, 1.82) is 0 Å². The number of carbonyl (C=O) groups excluding carboxylic acids is 2. The maximum atomic E-state index is 13.9. The molecule has 2 aliphatic rings. The molecule has 9 heteroatoms. The van der Waals surface area contributed by atoms with E-state index in [4.69, 9.17) is 4.74 Å². The zero-order valence-corrected chi connectivity index (χ0v) is 20.2. The van der Waals surface area contributed by atoms with E-state index in [0.29, 0.717) is 11.1 Å². The van der Waals surface area contributed by atoms with Gasteiger partial charge in [0.25, 0.3) is 11.6 Å². The average molecular weight is 484 g/mol. The molecule has 2 aromatic carbocycles. The van der Waals surface area contributed by atoms with E-state index in [0.717, 1.165) is 32.0 Å². The number of nitrogens with zero attached hydrogens (tertiary/aromatic N) is 2. The number of nitro benzene ring substituents is 1. The molecule has 0 aromatic heterocycles. The third-order valence-electron chi connectivity index (χ3n) is 6.63. The van der Waals surface area contributed by atoms with Crippen LogP contribution in [0.15, 0.2) is 36.4 Å². The summed E-state index contributed by atoms with van der Waals surface area (Å²) in [6.07, 6.45) is 4.29. The van der Waals surface area contributed by atoms with Crippen molar-refractivity contribution in [3.8, 4) is 0 Å². The van der Waals surface area contributed by atoms with E-state index in [9.17, 15) is 24.1 Å². The highest BCUT2D eigenvalue weighted by Crippen LogP contribution is 2.54. The Morgan fingerprint density at radius 1 is 1.11 bits per heavy atom. The van der Waals surface area contributed by atoms with Crippen LogP contribution in [0.3, 0.4) is 0 Å². The highest BCUT2D eigenvalue weighted by molar-refractivity contribution is 6.05. The quantitative estimate of drug-likeness (QED) is 0.342. The molecule has 186 valence electrons. The molecule has 2 fully saturated rings. The first-order valence-electron chi connectivity index (χ1n) is 11.8. The molecular weight excluding hydrogens is 453 g/mol. The molecule has 0 unspecified atom stereocenters. The first kappa shape index (κ1) is 24.6. The van der Waals surface area contributed by atoms with E-state index in [2.05, 4.69) is 5.32 Å². The number of hydrogen-bond donors (Lipinski definition) is 1. The zero-order chi connectivity index (χ0) is 25.4. The SMILES string of the molecule is CC(C)(C)OC(=O)Cc1cc(F)ccc1NC(=O)c1ccc(N2CCC3(CC2)CC3)c([N+](=O)[O-])c1. The van der Waals surface area contributed by atoms with Crippen LogP contribution >= 0.6 is 0 Å². The number of esters is 1. The number of halogens is 1. The average Bonchev–Trinajstić information content (AvgIpc) is 3.53. The number of nitro groups is 1. The molecule has 0 atom stereocenters. The molecule has 1 heterocycles. The van der Waals surface area contributed by atoms with Crippen LogP contribution in [-0.2, 0) is 16.0 Å². The third kappa shape index (κ3) is 5.96. The normalized spacial score (nSPS) is 16.6. The van der Waals surface area contributed by atoms with Gasteiger partial charge in [-0.1, -0.05) is 0 Å². The van der Waals surface area contributed by atoms with Crippen LogP contribution in [0.4, 0.5) is 21.5 Å². The van der Waals surface area contributed by atoms with Gasteiger partial charge >= 0.3 is 5.97 Å². The van der Waals surface area contributed by atoms with Gasteiger partial charge in [0, 0.05) is 30.4 Å². The Morgan fingerprint density at radius 3 is 2.40 bits per heavy atom. The molecule has 1 N–H and O–H groups in total. The number of rotatable bonds is 6. The van der Waals surface area contributed by atoms with Gasteiger partial charge in [0.05, 0.1) is 11.3 Å². The van der Waals surface area contributed by atoms with E-state index in [1.54, 1.807) is 32.9 Å². The summed E-state index contributed by atoms with van der Waals surface area (Å²) in [5.41, 5.74) is 0.704. The first-order valence-corrected chi connectivity index (χ1v) is 11.8. The van der Waals surface area contributed by atoms with Crippen molar-refractivity contribution in [2.45, 2.75) is 58.5 Å². The van der Waals surface area contributed by atoms with Crippen molar-refractivity contribution in [1.82, 2.24) is 0 Å². The maximum absolute atomic E-state index is 13.9. The van der Waals surface area contributed by atoms with Gasteiger partial charge in [-0.05, 0) is 87.8 Å². The van der Waals surface area contributed by atoms with Gasteiger partial charge in [0.2, 0.25) is 0 Å². The third-order valence-corrected chi connectivity index (χ3v) is 6.63. The molecular formula is C26H30FN3O5. The number of ether oxygens (including phenoxy) is 1. The summed E-state index contributed by atoms with van der Waals surface area (Å²) in [6.45, 7) is 6.70. The van der Waals surface area contributed by atoms with Crippen LogP contribution in [0.1, 0.15) is 62.4 Å². The number of carbonyl (C=O) groups is 2. The van der Waals surface area contributed by atoms with E-state index in [1.165, 1.54) is 31.0 Å². The smallest absolute Gasteiger partial charge is 0.310 e. The van der Waals surface area contributed by atoms with E-state index >= 15 is 0 Å². The van der Waals surface area contributed by atoms with Crippen molar-refractivity contribution >= 4 is 28.9 Å². The molecule has 1 saturated carbocycles. The second-order valence-corrected chi connectivity index (χ2v) is 10.5. The number of amides is 1. The fraction of sp³-hybridized carbons (Fsp3) is 0.462. The fourth-order valence-corrected chi connectivity index (χ4v) is 4.54. The van der Waals surface area contributed by atoms with Crippen molar-refractivity contribution in [3.05, 3.63) is 63.5 Å². The number of benzene rings is 2. The van der Waals surface area contributed by atoms with Gasteiger partial charge in [0.1, 0.15) is 17.1 Å². The highest BCUT2D eigenvalue weighted by atomic mass is 19.1. The molecule has 4 rings (SSSR count). The van der Waals surface area contributed by atoms with Crippen molar-refractivity contribution in [3.63, 3.8) is 0 Å². The van der Waals surface area contributed by atoms with Gasteiger partial charge in [-0.15, -0.1) is 0 Å². The Kier molecular flexibility index (Phi) is 6.53. The Bertz CT molecular complexity index is 1160. The summed E-state index contributed by atoms with van der Waals surface area (Å²) in [5, 5.41) is 14.5. The largest absolute Gasteiger partial charge is 0.460 e. The number of piperidine rings is 1. The number of hydrogen-bond acceptors (Lipinski definition) is 6. The van der Waals surface area contributed by atoms with Crippen LogP contribution < -0.4 is 10.2 Å². The van der Waals surface area contributed by atoms with Crippen LogP contribution in [0.25, 0.3) is 0 Å². The van der Waals surface area contributed by atoms with Crippen molar-refractivity contribution in [2.75, 3.05) is 23.3 Å². The van der Waals surface area contributed by atoms with Crippen LogP contribution in [0, 0.1) is 21.3 Å². The van der Waals surface area contributed by atoms with Crippen molar-refractivity contribution < 1.29 is 23.6 Å². The molecule has 2 aromatic rings. The molecule has 1 spiro atoms. The minimum absolute atomic E-state index is 0.101. The molecule has 8 nitrogen and oxygen atoms in total. The molecule has 1 aliphatic carbocycles. The molecule has 0 bridgehead atoms. The Labute approximate surface area is 203 Å². The van der Waals surface area contributed by atoms with E-state index < -0.39 is 28.2 Å². The molecule has 1 aliphatic heterocycles. The van der Waals surface area contributed by atoms with Gasteiger partial charge in [-0.3, -0.25) is 19.7 Å². The van der Waals surface area contributed by atoms with Crippen molar-refractivity contribution in [2.24, 2.45) is 5.41 Å². The predicted octanol–water partition coefficient (Wildman–Crippen LogP) is 5.25. The maximum Gasteiger partial charge on any atom is 0.310 e. The monoisotopic (exact) mass is 483 g/mol. The van der Waals surface area contributed by atoms with Gasteiger partial charge in [0.15, 0.2) is 0 Å². The van der Waals surface area contributed by atoms with Crippen LogP contribution in [0.2, 0.25) is 0 Å². The molecule has 1 saturated heterocycles. The standard InChI is InChI=1S/C26H30FN3O5/c1-25(2,3)35-23(31)16-18-14-19(27)5-6-20(18)28-24(32)17-4-7-21(22(15-17)30(33)34)29-12-10-26(8-9-26)11-13-29/h4-7,14-15H,8-13,16H2,1-3H3,(H,28,32). The Hall–Kier alpha value is -3.49. The lowest BCUT2D eigenvalue weighted by Crippen LogP contribution is -2.34. The summed E-state index contributed by atoms with van der Waals surface area (Å²) in [7, 11) is 0. The van der Waals surface area contributed by atoms with Gasteiger partial charge in [-0.25, -0.2) is 4.39 Å². The second-order valence-electron chi connectivity index (χ2n) is 10.5. The lowest BCUT2D eigenvalue weighted by Gasteiger charge is -2.33. The Morgan fingerprint density at radius 2 is 1.80 bits per heavy atom. The first-order chi connectivity index (χ1) is 16.4. The predicted molar refractivity (Wildman–Crippen MR) is 130 cm³/mol. The lowest BCUT2D eigenvalue weighted by molar-refractivity contribution is -0.384. The summed E-state index contributed by atoms with van der Waals surface area (Å²) in [5.74, 6) is -1.71. The fourth-order valence-electron chi connectivity index (χ4n) is 4.54. The number of nitrogens with one attached hydrogen (secondary N) is 1. The summed E-state index contributed by atoms with van der Waals surface area (Å²) < 4.78 is 19.2. The summed E-state index contributed by atoms with van der Waals surface area (Å²) in [4.78, 5) is 38.6. The summed E-state index contributed by atoms with van der Waals surface area (Å²) in [6, 6.07) is 8.12. The molecule has 1 amide bonds. The second kappa shape index (κ2) is 9.28. The summed E-state index contributed by atoms with van der Waals surface area (Å²) >= 11 is 0. The van der Waals surface area contributed by atoms with E-state index in [1.807, 2.05) is 4.90 Å². The topological polar surface area (TPSA) is 102 Å². The Balaban J connectivity index is 1.52. The van der Waals surface area contributed by atoms with Crippen LogP contribution in [0.5, 0.6) is 0 Å². The molecule has 35 heavy (non-hydrogen) atoms. The minimum Gasteiger partial charge on any atom is -0.460 e. The minimum atomic E-state index is -0.706. The lowest BCUT2D eigenvalue weighted by atomic mass is 9.93. The highest BCUT2D eigenvalue weighted by Gasteiger charge is 2.45. The van der Waals surface area contributed by atoms with Gasteiger partial charge in [-0.2, -0.15) is 0 Å².